The Balaban J connectivity index is 1.24. The summed E-state index contributed by atoms with van der Waals surface area (Å²) in [6, 6.07) is 16.1. The van der Waals surface area contributed by atoms with E-state index in [2.05, 4.69) is 58.5 Å². The second-order valence-electron chi connectivity index (χ2n) is 10.3. The van der Waals surface area contributed by atoms with Crippen LogP contribution in [0.4, 0.5) is 0 Å². The van der Waals surface area contributed by atoms with Gasteiger partial charge in [0.2, 0.25) is 11.4 Å². The van der Waals surface area contributed by atoms with Gasteiger partial charge in [-0.25, -0.2) is 9.83 Å². The van der Waals surface area contributed by atoms with E-state index in [1.54, 1.807) is 18.0 Å². The molecule has 0 aliphatic heterocycles. The maximum absolute atomic E-state index is 6.02. The Morgan fingerprint density at radius 1 is 1.00 bits per heavy atom. The van der Waals surface area contributed by atoms with Crippen LogP contribution >= 0.6 is 0 Å². The average molecular weight is 577 g/mol. The molecule has 42 heavy (non-hydrogen) atoms. The Morgan fingerprint density at radius 3 is 2.64 bits per heavy atom. The Hall–Kier alpha value is -4.05. The van der Waals surface area contributed by atoms with Gasteiger partial charge < -0.3 is 18.9 Å². The SMILES string of the molecule is CCCCCCC(NCOc1[nH]n2c(-c3ccccc3)nnc2c1OC)OC=NCCCCOc1ccc(C)cc1C. The third kappa shape index (κ3) is 8.72. The standard InChI is InChI=1S/C32H44N6O4/c1-5-6-7-11-16-28(41-22-33-19-12-13-20-40-27-18-17-24(2)21-25(27)3)34-23-42-32-29(39-4)31-36-35-30(38(31)37-32)26-14-9-8-10-15-26/h8-10,14-15,17-18,21-22,28,34,37H,5-7,11-13,16,19-20,23H2,1-4H3. The molecule has 2 heterocycles. The first-order valence-corrected chi connectivity index (χ1v) is 14.9. The zero-order valence-corrected chi connectivity index (χ0v) is 25.3. The van der Waals surface area contributed by atoms with Crippen LogP contribution in [0.2, 0.25) is 0 Å². The lowest BCUT2D eigenvalue weighted by Crippen LogP contribution is -2.34. The predicted molar refractivity (Wildman–Crippen MR) is 166 cm³/mol. The third-order valence-corrected chi connectivity index (χ3v) is 6.94. The molecule has 1 atom stereocenters. The van der Waals surface area contributed by atoms with Gasteiger partial charge in [0.1, 0.15) is 12.5 Å². The summed E-state index contributed by atoms with van der Waals surface area (Å²) >= 11 is 0. The predicted octanol–water partition coefficient (Wildman–Crippen LogP) is 6.48. The molecular weight excluding hydrogens is 532 g/mol. The molecule has 4 rings (SSSR count). The van der Waals surface area contributed by atoms with Crippen molar-refractivity contribution < 1.29 is 18.9 Å². The van der Waals surface area contributed by atoms with Crippen LogP contribution < -0.4 is 19.5 Å². The van der Waals surface area contributed by atoms with Gasteiger partial charge in [0.25, 0.3) is 5.88 Å². The van der Waals surface area contributed by atoms with Crippen LogP contribution in [0.1, 0.15) is 63.0 Å². The molecule has 10 nitrogen and oxygen atoms in total. The lowest BCUT2D eigenvalue weighted by Gasteiger charge is -2.18. The van der Waals surface area contributed by atoms with Crippen LogP contribution in [0.25, 0.3) is 17.0 Å². The molecule has 4 aromatic rings. The topological polar surface area (TPSA) is 107 Å². The fourth-order valence-electron chi connectivity index (χ4n) is 4.65. The summed E-state index contributed by atoms with van der Waals surface area (Å²) in [5.41, 5.74) is 3.91. The van der Waals surface area contributed by atoms with E-state index in [-0.39, 0.29) is 13.0 Å². The van der Waals surface area contributed by atoms with Crippen molar-refractivity contribution in [2.45, 2.75) is 71.9 Å². The monoisotopic (exact) mass is 576 g/mol. The molecule has 0 saturated carbocycles. The molecule has 0 radical (unpaired) electrons. The van der Waals surface area contributed by atoms with Gasteiger partial charge in [0.15, 0.2) is 18.5 Å². The van der Waals surface area contributed by atoms with Crippen LogP contribution in [0.15, 0.2) is 53.5 Å². The number of nitrogens with one attached hydrogen (secondary N) is 2. The molecule has 0 amide bonds. The molecule has 0 spiro atoms. The Kier molecular flexibility index (Phi) is 12.1. The molecule has 0 aliphatic carbocycles. The third-order valence-electron chi connectivity index (χ3n) is 6.94. The van der Waals surface area contributed by atoms with Crippen molar-refractivity contribution in [2.24, 2.45) is 4.99 Å². The molecule has 1 unspecified atom stereocenters. The minimum Gasteiger partial charge on any atom is -0.493 e. The highest BCUT2D eigenvalue weighted by atomic mass is 16.5. The second-order valence-corrected chi connectivity index (χ2v) is 10.3. The minimum absolute atomic E-state index is 0.218. The number of ether oxygens (including phenoxy) is 4. The number of hydrogen-bond donors (Lipinski definition) is 2. The van der Waals surface area contributed by atoms with Crippen molar-refractivity contribution >= 4 is 12.0 Å². The summed E-state index contributed by atoms with van der Waals surface area (Å²) in [6.45, 7) is 7.96. The number of nitrogens with zero attached hydrogens (tertiary/aromatic N) is 4. The molecule has 2 aromatic heterocycles. The number of aromatic amines is 1. The van der Waals surface area contributed by atoms with Gasteiger partial charge in [-0.2, -0.15) is 0 Å². The van der Waals surface area contributed by atoms with E-state index >= 15 is 0 Å². The van der Waals surface area contributed by atoms with Crippen molar-refractivity contribution in [2.75, 3.05) is 27.0 Å². The number of aryl methyl sites for hydroxylation is 2. The number of aliphatic imine (C=N–C) groups is 1. The Morgan fingerprint density at radius 2 is 1.86 bits per heavy atom. The maximum Gasteiger partial charge on any atom is 0.255 e. The van der Waals surface area contributed by atoms with E-state index in [1.807, 2.05) is 36.4 Å². The zero-order valence-electron chi connectivity index (χ0n) is 25.3. The van der Waals surface area contributed by atoms with Gasteiger partial charge in [0, 0.05) is 12.1 Å². The number of methoxy groups -OCH3 is 1. The number of rotatable bonds is 19. The highest BCUT2D eigenvalue weighted by Crippen LogP contribution is 2.32. The number of unbranched alkanes of at least 4 members (excludes halogenated alkanes) is 4. The lowest BCUT2D eigenvalue weighted by atomic mass is 10.1. The molecular formula is C32H44N6O4. The van der Waals surface area contributed by atoms with Gasteiger partial charge in [0.05, 0.1) is 13.7 Å². The fraction of sp³-hybridized carbons (Fsp3) is 0.469. The number of hydrogen-bond acceptors (Lipinski definition) is 8. The number of H-pyrrole nitrogens is 1. The van der Waals surface area contributed by atoms with Crippen molar-refractivity contribution in [3.8, 4) is 28.8 Å². The van der Waals surface area contributed by atoms with Crippen molar-refractivity contribution in [1.82, 2.24) is 25.1 Å². The summed E-state index contributed by atoms with van der Waals surface area (Å²) in [6.07, 6.45) is 8.66. The molecule has 226 valence electrons. The smallest absolute Gasteiger partial charge is 0.255 e. The molecule has 0 bridgehead atoms. The molecule has 0 fully saturated rings. The van der Waals surface area contributed by atoms with Crippen molar-refractivity contribution in [1.29, 1.82) is 0 Å². The normalized spacial score (nSPS) is 12.2. The Bertz CT molecular complexity index is 1380. The Labute approximate surface area is 248 Å². The quantitative estimate of drug-likeness (QED) is 0.0570. The van der Waals surface area contributed by atoms with Crippen LogP contribution in [-0.4, -0.2) is 59.4 Å². The van der Waals surface area contributed by atoms with E-state index in [0.717, 1.165) is 43.4 Å². The highest BCUT2D eigenvalue weighted by Gasteiger charge is 2.20. The van der Waals surface area contributed by atoms with Crippen LogP contribution in [-0.2, 0) is 4.74 Å². The fourth-order valence-corrected chi connectivity index (χ4v) is 4.65. The molecule has 10 heteroatoms. The molecule has 2 N–H and O–H groups in total. The zero-order chi connectivity index (χ0) is 29.6. The highest BCUT2D eigenvalue weighted by molar-refractivity contribution is 5.66. The second kappa shape index (κ2) is 16.4. The maximum atomic E-state index is 6.02. The van der Waals surface area contributed by atoms with Crippen LogP contribution in [0.5, 0.6) is 17.4 Å². The first kappa shape index (κ1) is 30.9. The summed E-state index contributed by atoms with van der Waals surface area (Å²) in [7, 11) is 1.59. The number of fused-ring (bicyclic) bond motifs is 1. The van der Waals surface area contributed by atoms with Gasteiger partial charge in [-0.1, -0.05) is 74.2 Å². The van der Waals surface area contributed by atoms with E-state index < -0.39 is 0 Å². The van der Waals surface area contributed by atoms with Gasteiger partial charge in [-0.05, 0) is 51.2 Å². The summed E-state index contributed by atoms with van der Waals surface area (Å²) in [4.78, 5) is 4.45. The number of aromatic nitrogens is 4. The lowest BCUT2D eigenvalue weighted by molar-refractivity contribution is 0.109. The molecule has 2 aromatic carbocycles. The first-order chi connectivity index (χ1) is 20.6. The van der Waals surface area contributed by atoms with Gasteiger partial charge >= 0.3 is 0 Å². The molecule has 0 saturated heterocycles. The summed E-state index contributed by atoms with van der Waals surface area (Å²) in [5, 5.41) is 15.2. The van der Waals surface area contributed by atoms with Gasteiger partial charge in [-0.3, -0.25) is 10.1 Å². The largest absolute Gasteiger partial charge is 0.493 e. The van der Waals surface area contributed by atoms with Crippen LogP contribution in [0, 0.1) is 13.8 Å². The summed E-state index contributed by atoms with van der Waals surface area (Å²) in [5.74, 6) is 2.59. The average Bonchev–Trinajstić information content (AvgIpc) is 3.56. The van der Waals surface area contributed by atoms with Crippen molar-refractivity contribution in [3.05, 3.63) is 59.7 Å². The number of benzene rings is 2. The minimum atomic E-state index is -0.218. The van der Waals surface area contributed by atoms with E-state index in [4.69, 9.17) is 18.9 Å². The summed E-state index contributed by atoms with van der Waals surface area (Å²) < 4.78 is 25.2. The van der Waals surface area contributed by atoms with E-state index in [1.165, 1.54) is 24.0 Å². The molecule has 0 aliphatic rings. The van der Waals surface area contributed by atoms with Crippen molar-refractivity contribution in [3.63, 3.8) is 0 Å². The first-order valence-electron chi connectivity index (χ1n) is 14.9. The van der Waals surface area contributed by atoms with E-state index in [9.17, 15) is 0 Å². The van der Waals surface area contributed by atoms with Gasteiger partial charge in [-0.15, -0.1) is 10.2 Å². The van der Waals surface area contributed by atoms with E-state index in [0.29, 0.717) is 36.3 Å². The van der Waals surface area contributed by atoms with Crippen LogP contribution in [0.3, 0.4) is 0 Å².